The predicted octanol–water partition coefficient (Wildman–Crippen LogP) is 3.75. The van der Waals surface area contributed by atoms with Gasteiger partial charge in [0.15, 0.2) is 0 Å². The SMILES string of the molecule is Cc1ccc(NC(=O)OCc2ccccc2)c(C)c1C(=O)O. The minimum absolute atomic E-state index is 0.156. The van der Waals surface area contributed by atoms with Crippen molar-refractivity contribution in [3.05, 3.63) is 64.7 Å². The van der Waals surface area contributed by atoms with Crippen molar-refractivity contribution in [1.82, 2.24) is 0 Å². The van der Waals surface area contributed by atoms with Crippen molar-refractivity contribution in [1.29, 1.82) is 0 Å². The van der Waals surface area contributed by atoms with Crippen molar-refractivity contribution >= 4 is 17.7 Å². The first-order valence-corrected chi connectivity index (χ1v) is 6.80. The van der Waals surface area contributed by atoms with Crippen molar-refractivity contribution in [2.45, 2.75) is 20.5 Å². The van der Waals surface area contributed by atoms with Crippen LogP contribution >= 0.6 is 0 Å². The van der Waals surface area contributed by atoms with Gasteiger partial charge in [-0.25, -0.2) is 9.59 Å². The van der Waals surface area contributed by atoms with Gasteiger partial charge in [-0.1, -0.05) is 36.4 Å². The Morgan fingerprint density at radius 1 is 1.09 bits per heavy atom. The molecule has 5 heteroatoms. The first kappa shape index (κ1) is 15.6. The number of hydrogen-bond acceptors (Lipinski definition) is 3. The van der Waals surface area contributed by atoms with Crippen LogP contribution in [0.25, 0.3) is 0 Å². The van der Waals surface area contributed by atoms with E-state index >= 15 is 0 Å². The van der Waals surface area contributed by atoms with Crippen LogP contribution in [0.3, 0.4) is 0 Å². The Balaban J connectivity index is 2.06. The molecule has 0 aromatic heterocycles. The van der Waals surface area contributed by atoms with Gasteiger partial charge in [-0.2, -0.15) is 0 Å². The summed E-state index contributed by atoms with van der Waals surface area (Å²) in [7, 11) is 0. The molecular weight excluding hydrogens is 282 g/mol. The molecule has 0 saturated carbocycles. The molecule has 0 aliphatic heterocycles. The van der Waals surface area contributed by atoms with Gasteiger partial charge in [-0.3, -0.25) is 5.32 Å². The molecule has 0 bridgehead atoms. The first-order chi connectivity index (χ1) is 10.5. The number of amides is 1. The lowest BCUT2D eigenvalue weighted by Gasteiger charge is -2.12. The number of carboxylic acid groups (broad SMARTS) is 1. The van der Waals surface area contributed by atoms with Gasteiger partial charge >= 0.3 is 12.1 Å². The lowest BCUT2D eigenvalue weighted by Crippen LogP contribution is -2.16. The van der Waals surface area contributed by atoms with Crippen molar-refractivity contribution < 1.29 is 19.4 Å². The first-order valence-electron chi connectivity index (χ1n) is 6.80. The topological polar surface area (TPSA) is 75.6 Å². The molecule has 0 atom stereocenters. The van der Waals surface area contributed by atoms with Gasteiger partial charge in [0.05, 0.1) is 5.56 Å². The molecule has 0 heterocycles. The van der Waals surface area contributed by atoms with E-state index in [0.717, 1.165) is 5.56 Å². The van der Waals surface area contributed by atoms with Crippen LogP contribution in [0.4, 0.5) is 10.5 Å². The average Bonchev–Trinajstić information content (AvgIpc) is 2.49. The molecule has 0 aliphatic rings. The van der Waals surface area contributed by atoms with Gasteiger partial charge in [0.1, 0.15) is 6.61 Å². The Hall–Kier alpha value is -2.82. The monoisotopic (exact) mass is 299 g/mol. The van der Waals surface area contributed by atoms with E-state index in [1.165, 1.54) is 0 Å². The van der Waals surface area contributed by atoms with E-state index in [-0.39, 0.29) is 12.2 Å². The van der Waals surface area contributed by atoms with E-state index in [1.54, 1.807) is 26.0 Å². The van der Waals surface area contributed by atoms with Crippen LogP contribution in [0.15, 0.2) is 42.5 Å². The largest absolute Gasteiger partial charge is 0.478 e. The van der Waals surface area contributed by atoms with Gasteiger partial charge in [0.2, 0.25) is 0 Å². The zero-order valence-corrected chi connectivity index (χ0v) is 12.4. The highest BCUT2D eigenvalue weighted by Crippen LogP contribution is 2.22. The molecule has 114 valence electrons. The van der Waals surface area contributed by atoms with E-state index in [1.807, 2.05) is 30.3 Å². The maximum Gasteiger partial charge on any atom is 0.411 e. The molecule has 2 N–H and O–H groups in total. The zero-order valence-electron chi connectivity index (χ0n) is 12.4. The molecule has 0 fully saturated rings. The molecule has 2 rings (SSSR count). The Kier molecular flexibility index (Phi) is 4.78. The summed E-state index contributed by atoms with van der Waals surface area (Å²) in [5.41, 5.74) is 2.66. The van der Waals surface area contributed by atoms with Crippen LogP contribution in [0.2, 0.25) is 0 Å². The molecule has 5 nitrogen and oxygen atoms in total. The molecule has 1 amide bonds. The van der Waals surface area contributed by atoms with Crippen molar-refractivity contribution in [2.24, 2.45) is 0 Å². The average molecular weight is 299 g/mol. The predicted molar refractivity (Wildman–Crippen MR) is 83.1 cm³/mol. The molecule has 22 heavy (non-hydrogen) atoms. The Bertz CT molecular complexity index is 695. The number of nitrogens with one attached hydrogen (secondary N) is 1. The summed E-state index contributed by atoms with van der Waals surface area (Å²) < 4.78 is 5.12. The summed E-state index contributed by atoms with van der Waals surface area (Å²) in [5, 5.41) is 11.8. The van der Waals surface area contributed by atoms with Crippen LogP contribution in [0, 0.1) is 13.8 Å². The standard InChI is InChI=1S/C17H17NO4/c1-11-8-9-14(12(2)15(11)16(19)20)18-17(21)22-10-13-6-4-3-5-7-13/h3-9H,10H2,1-2H3,(H,18,21)(H,19,20). The zero-order chi connectivity index (χ0) is 16.1. The third kappa shape index (κ3) is 3.63. The molecule has 0 aliphatic carbocycles. The number of aromatic carboxylic acids is 1. The van der Waals surface area contributed by atoms with Crippen LogP contribution < -0.4 is 5.32 Å². The van der Waals surface area contributed by atoms with Crippen molar-refractivity contribution in [3.8, 4) is 0 Å². The fourth-order valence-corrected chi connectivity index (χ4v) is 2.18. The van der Waals surface area contributed by atoms with Crippen molar-refractivity contribution in [3.63, 3.8) is 0 Å². The molecule has 0 spiro atoms. The number of benzene rings is 2. The van der Waals surface area contributed by atoms with Gasteiger partial charge < -0.3 is 9.84 Å². The number of rotatable bonds is 4. The number of ether oxygens (including phenoxy) is 1. The third-order valence-corrected chi connectivity index (χ3v) is 3.34. The number of carboxylic acids is 1. The van der Waals surface area contributed by atoms with Crippen LogP contribution in [0.1, 0.15) is 27.0 Å². The van der Waals surface area contributed by atoms with E-state index in [4.69, 9.17) is 4.74 Å². The maximum atomic E-state index is 11.8. The molecule has 2 aromatic carbocycles. The minimum Gasteiger partial charge on any atom is -0.478 e. The van der Waals surface area contributed by atoms with E-state index in [0.29, 0.717) is 16.8 Å². The van der Waals surface area contributed by atoms with Gasteiger partial charge in [0, 0.05) is 5.69 Å². The van der Waals surface area contributed by atoms with Gasteiger partial charge in [-0.05, 0) is 36.6 Å². The summed E-state index contributed by atoms with van der Waals surface area (Å²) in [5.74, 6) is -1.02. The van der Waals surface area contributed by atoms with Crippen LogP contribution in [-0.2, 0) is 11.3 Å². The number of carbonyl (C=O) groups is 2. The van der Waals surface area contributed by atoms with Crippen molar-refractivity contribution in [2.75, 3.05) is 5.32 Å². The van der Waals surface area contributed by atoms with Gasteiger partial charge in [0.25, 0.3) is 0 Å². The highest BCUT2D eigenvalue weighted by molar-refractivity contribution is 5.95. The normalized spacial score (nSPS) is 10.1. The summed E-state index contributed by atoms with van der Waals surface area (Å²) in [6.07, 6.45) is -0.618. The lowest BCUT2D eigenvalue weighted by molar-refractivity contribution is 0.0695. The molecule has 0 radical (unpaired) electrons. The fraction of sp³-hybridized carbons (Fsp3) is 0.176. The Morgan fingerprint density at radius 2 is 1.77 bits per heavy atom. The van der Waals surface area contributed by atoms with Gasteiger partial charge in [-0.15, -0.1) is 0 Å². The number of anilines is 1. The fourth-order valence-electron chi connectivity index (χ4n) is 2.18. The minimum atomic E-state index is -1.02. The van der Waals surface area contributed by atoms with Crippen LogP contribution in [0.5, 0.6) is 0 Å². The van der Waals surface area contributed by atoms with Crippen LogP contribution in [-0.4, -0.2) is 17.2 Å². The van der Waals surface area contributed by atoms with E-state index in [9.17, 15) is 14.7 Å². The summed E-state index contributed by atoms with van der Waals surface area (Å²) in [6, 6.07) is 12.6. The second-order valence-corrected chi connectivity index (χ2v) is 4.92. The second-order valence-electron chi connectivity index (χ2n) is 4.92. The molecule has 2 aromatic rings. The Labute approximate surface area is 128 Å². The number of hydrogen-bond donors (Lipinski definition) is 2. The highest BCUT2D eigenvalue weighted by Gasteiger charge is 2.15. The lowest BCUT2D eigenvalue weighted by atomic mass is 10.0. The number of aryl methyl sites for hydroxylation is 1. The highest BCUT2D eigenvalue weighted by atomic mass is 16.5. The molecule has 0 unspecified atom stereocenters. The van der Waals surface area contributed by atoms with E-state index in [2.05, 4.69) is 5.32 Å². The summed E-state index contributed by atoms with van der Waals surface area (Å²) >= 11 is 0. The quantitative estimate of drug-likeness (QED) is 0.901. The third-order valence-electron chi connectivity index (χ3n) is 3.34. The maximum absolute atomic E-state index is 11.8. The smallest absolute Gasteiger partial charge is 0.411 e. The van der Waals surface area contributed by atoms with E-state index < -0.39 is 12.1 Å². The summed E-state index contributed by atoms with van der Waals surface area (Å²) in [4.78, 5) is 23.1. The Morgan fingerprint density at radius 3 is 2.41 bits per heavy atom. The molecular formula is C17H17NO4. The second kappa shape index (κ2) is 6.76. The molecule has 0 saturated heterocycles. The number of carbonyl (C=O) groups excluding carboxylic acids is 1. The summed E-state index contributed by atoms with van der Waals surface area (Å²) in [6.45, 7) is 3.53.